The molecule has 1 rings (SSSR count). The number of ether oxygens (including phenoxy) is 2. The van der Waals surface area contributed by atoms with Crippen molar-refractivity contribution in [2.45, 2.75) is 32.8 Å². The first-order valence-electron chi connectivity index (χ1n) is 5.23. The zero-order valence-corrected chi connectivity index (χ0v) is 8.71. The molecule has 1 heterocycles. The smallest absolute Gasteiger partial charge is 0.147 e. The summed E-state index contributed by atoms with van der Waals surface area (Å²) in [5.41, 5.74) is 0. The first-order valence-corrected chi connectivity index (χ1v) is 5.23. The highest BCUT2D eigenvalue weighted by Gasteiger charge is 2.13. The van der Waals surface area contributed by atoms with Crippen LogP contribution in [0.4, 0.5) is 0 Å². The maximum Gasteiger partial charge on any atom is 0.147 e. The van der Waals surface area contributed by atoms with E-state index in [-0.39, 0.29) is 0 Å². The molecule has 13 heavy (non-hydrogen) atoms. The van der Waals surface area contributed by atoms with Gasteiger partial charge in [-0.15, -0.1) is 0 Å². The molecule has 2 atom stereocenters. The third-order valence-electron chi connectivity index (χ3n) is 2.53. The van der Waals surface area contributed by atoms with Crippen molar-refractivity contribution >= 4 is 0 Å². The summed E-state index contributed by atoms with van der Waals surface area (Å²) in [7, 11) is 0. The fourth-order valence-electron chi connectivity index (χ4n) is 1.30. The minimum atomic E-state index is 0.359. The van der Waals surface area contributed by atoms with Crippen molar-refractivity contribution in [3.8, 4) is 0 Å². The van der Waals surface area contributed by atoms with E-state index in [0.29, 0.717) is 12.9 Å². The molecular weight excluding hydrogens is 166 g/mol. The van der Waals surface area contributed by atoms with E-state index in [1.165, 1.54) is 6.42 Å². The Labute approximate surface area is 80.8 Å². The van der Waals surface area contributed by atoms with Crippen LogP contribution in [-0.2, 0) is 9.47 Å². The summed E-state index contributed by atoms with van der Waals surface area (Å²) >= 11 is 0. The number of hydrogen-bond donors (Lipinski definition) is 1. The third-order valence-corrected chi connectivity index (χ3v) is 2.53. The molecule has 1 aliphatic heterocycles. The highest BCUT2D eigenvalue weighted by Crippen LogP contribution is 2.05. The maximum absolute atomic E-state index is 5.41. The summed E-state index contributed by atoms with van der Waals surface area (Å²) in [6, 6.07) is 0. The van der Waals surface area contributed by atoms with Crippen molar-refractivity contribution in [3.63, 3.8) is 0 Å². The molecule has 0 aromatic heterocycles. The highest BCUT2D eigenvalue weighted by atomic mass is 16.7. The molecule has 3 heteroatoms. The van der Waals surface area contributed by atoms with Crippen LogP contribution in [0, 0.1) is 5.92 Å². The predicted molar refractivity (Wildman–Crippen MR) is 52.6 cm³/mol. The van der Waals surface area contributed by atoms with Gasteiger partial charge < -0.3 is 14.8 Å². The third kappa shape index (κ3) is 4.60. The van der Waals surface area contributed by atoms with Gasteiger partial charge in [-0.3, -0.25) is 0 Å². The van der Waals surface area contributed by atoms with Crippen molar-refractivity contribution < 1.29 is 9.47 Å². The van der Waals surface area contributed by atoms with Crippen LogP contribution in [0.5, 0.6) is 0 Å². The van der Waals surface area contributed by atoms with Gasteiger partial charge in [-0.25, -0.2) is 0 Å². The van der Waals surface area contributed by atoms with Gasteiger partial charge in [-0.2, -0.15) is 0 Å². The van der Waals surface area contributed by atoms with Crippen molar-refractivity contribution in [1.82, 2.24) is 5.32 Å². The molecule has 1 fully saturated rings. The molecular formula is C10H21NO2. The Bertz CT molecular complexity index is 124. The van der Waals surface area contributed by atoms with E-state index in [9.17, 15) is 0 Å². The van der Waals surface area contributed by atoms with Crippen LogP contribution in [0.15, 0.2) is 0 Å². The Balaban J connectivity index is 1.98. The SMILES string of the molecule is CCC(C)CNCC1CCOCO1. The van der Waals surface area contributed by atoms with Crippen LogP contribution in [0.25, 0.3) is 0 Å². The van der Waals surface area contributed by atoms with E-state index < -0.39 is 0 Å². The van der Waals surface area contributed by atoms with Gasteiger partial charge >= 0.3 is 0 Å². The highest BCUT2D eigenvalue weighted by molar-refractivity contribution is 4.64. The first-order chi connectivity index (χ1) is 6.33. The largest absolute Gasteiger partial charge is 0.355 e. The Kier molecular flexibility index (Phi) is 5.35. The van der Waals surface area contributed by atoms with E-state index >= 15 is 0 Å². The lowest BCUT2D eigenvalue weighted by Gasteiger charge is -2.23. The van der Waals surface area contributed by atoms with Gasteiger partial charge in [0.15, 0.2) is 0 Å². The molecule has 1 aliphatic rings. The van der Waals surface area contributed by atoms with E-state index in [1.54, 1.807) is 0 Å². The van der Waals surface area contributed by atoms with Crippen LogP contribution >= 0.6 is 0 Å². The Morgan fingerprint density at radius 1 is 1.54 bits per heavy atom. The zero-order valence-electron chi connectivity index (χ0n) is 8.71. The van der Waals surface area contributed by atoms with Gasteiger partial charge in [0.2, 0.25) is 0 Å². The molecule has 0 amide bonds. The second kappa shape index (κ2) is 6.35. The average Bonchev–Trinajstić information content (AvgIpc) is 2.19. The molecule has 0 aliphatic carbocycles. The second-order valence-corrected chi connectivity index (χ2v) is 3.78. The molecule has 1 saturated heterocycles. The molecule has 0 aromatic carbocycles. The van der Waals surface area contributed by atoms with Crippen LogP contribution in [0.1, 0.15) is 26.7 Å². The van der Waals surface area contributed by atoms with Crippen molar-refractivity contribution in [3.05, 3.63) is 0 Å². The zero-order chi connectivity index (χ0) is 9.52. The fourth-order valence-corrected chi connectivity index (χ4v) is 1.30. The van der Waals surface area contributed by atoms with Crippen LogP contribution in [-0.4, -0.2) is 32.6 Å². The van der Waals surface area contributed by atoms with Gasteiger partial charge in [-0.1, -0.05) is 20.3 Å². The monoisotopic (exact) mass is 187 g/mol. The quantitative estimate of drug-likeness (QED) is 0.705. The number of rotatable bonds is 5. The van der Waals surface area contributed by atoms with E-state index in [2.05, 4.69) is 19.2 Å². The maximum atomic E-state index is 5.41. The molecule has 1 N–H and O–H groups in total. The molecule has 0 saturated carbocycles. The molecule has 0 spiro atoms. The van der Waals surface area contributed by atoms with Gasteiger partial charge in [0.25, 0.3) is 0 Å². The summed E-state index contributed by atoms with van der Waals surface area (Å²) < 4.78 is 10.5. The summed E-state index contributed by atoms with van der Waals surface area (Å²) in [6.45, 7) is 7.85. The van der Waals surface area contributed by atoms with Gasteiger partial charge in [0, 0.05) is 6.54 Å². The van der Waals surface area contributed by atoms with Gasteiger partial charge in [-0.05, 0) is 18.9 Å². The van der Waals surface area contributed by atoms with E-state index in [0.717, 1.165) is 32.0 Å². The second-order valence-electron chi connectivity index (χ2n) is 3.78. The lowest BCUT2D eigenvalue weighted by molar-refractivity contribution is -0.137. The summed E-state index contributed by atoms with van der Waals surface area (Å²) in [6.07, 6.45) is 2.62. The summed E-state index contributed by atoms with van der Waals surface area (Å²) in [4.78, 5) is 0. The first kappa shape index (κ1) is 11.0. The lowest BCUT2D eigenvalue weighted by atomic mass is 10.1. The summed E-state index contributed by atoms with van der Waals surface area (Å²) in [5.74, 6) is 0.764. The molecule has 3 nitrogen and oxygen atoms in total. The molecule has 78 valence electrons. The van der Waals surface area contributed by atoms with Crippen LogP contribution in [0.2, 0.25) is 0 Å². The average molecular weight is 187 g/mol. The minimum Gasteiger partial charge on any atom is -0.355 e. The van der Waals surface area contributed by atoms with E-state index in [4.69, 9.17) is 9.47 Å². The predicted octanol–water partition coefficient (Wildman–Crippen LogP) is 1.39. The lowest BCUT2D eigenvalue weighted by Crippen LogP contribution is -2.35. The summed E-state index contributed by atoms with van der Waals surface area (Å²) in [5, 5.41) is 3.43. The van der Waals surface area contributed by atoms with Crippen LogP contribution < -0.4 is 5.32 Å². The fraction of sp³-hybridized carbons (Fsp3) is 1.00. The molecule has 0 bridgehead atoms. The normalized spacial score (nSPS) is 25.8. The Morgan fingerprint density at radius 2 is 2.38 bits per heavy atom. The van der Waals surface area contributed by atoms with Gasteiger partial charge in [0.1, 0.15) is 6.79 Å². The van der Waals surface area contributed by atoms with Gasteiger partial charge in [0.05, 0.1) is 12.7 Å². The topological polar surface area (TPSA) is 30.5 Å². The van der Waals surface area contributed by atoms with Crippen LogP contribution in [0.3, 0.4) is 0 Å². The molecule has 0 aromatic rings. The van der Waals surface area contributed by atoms with Crippen molar-refractivity contribution in [1.29, 1.82) is 0 Å². The molecule has 0 radical (unpaired) electrons. The Hall–Kier alpha value is -0.120. The standard InChI is InChI=1S/C10H21NO2/c1-3-9(2)6-11-7-10-4-5-12-8-13-10/h9-11H,3-8H2,1-2H3. The van der Waals surface area contributed by atoms with Crippen molar-refractivity contribution in [2.24, 2.45) is 5.92 Å². The minimum absolute atomic E-state index is 0.359. The number of hydrogen-bond acceptors (Lipinski definition) is 3. The molecule has 2 unspecified atom stereocenters. The van der Waals surface area contributed by atoms with E-state index in [1.807, 2.05) is 0 Å². The Morgan fingerprint density at radius 3 is 3.00 bits per heavy atom. The number of nitrogens with one attached hydrogen (secondary N) is 1. The van der Waals surface area contributed by atoms with Crippen molar-refractivity contribution in [2.75, 3.05) is 26.5 Å².